The lowest BCUT2D eigenvalue weighted by Crippen LogP contribution is -2.09. The second-order valence-corrected chi connectivity index (χ2v) is 4.97. The maximum absolute atomic E-state index is 5.73. The van der Waals surface area contributed by atoms with E-state index < -0.39 is 0 Å². The molecule has 0 spiro atoms. The summed E-state index contributed by atoms with van der Waals surface area (Å²) in [5, 5.41) is 3.41. The molecular weight excluding hydrogens is 330 g/mol. The van der Waals surface area contributed by atoms with Gasteiger partial charge >= 0.3 is 0 Å². The van der Waals surface area contributed by atoms with Gasteiger partial charge in [0, 0.05) is 12.7 Å². The summed E-state index contributed by atoms with van der Waals surface area (Å²) in [6.45, 7) is 1.40. The lowest BCUT2D eigenvalue weighted by atomic mass is 10.3. The monoisotopic (exact) mass is 341 g/mol. The molecule has 1 aromatic heterocycles. The molecule has 0 radical (unpaired) electrons. The van der Waals surface area contributed by atoms with Crippen molar-refractivity contribution in [1.82, 2.24) is 9.97 Å². The smallest absolute Gasteiger partial charge is 0.224 e. The Morgan fingerprint density at radius 3 is 2.84 bits per heavy atom. The van der Waals surface area contributed by atoms with Gasteiger partial charge in [0.1, 0.15) is 11.6 Å². The average Bonchev–Trinajstić information content (AvgIpc) is 2.43. The number of aromatic nitrogens is 2. The van der Waals surface area contributed by atoms with Crippen LogP contribution in [0.4, 0.5) is 5.82 Å². The first-order chi connectivity index (χ1) is 9.25. The molecule has 0 aliphatic rings. The topological polar surface area (TPSA) is 47.0 Å². The van der Waals surface area contributed by atoms with Crippen molar-refractivity contribution in [3.63, 3.8) is 0 Å². The van der Waals surface area contributed by atoms with E-state index in [1.807, 2.05) is 30.3 Å². The standard InChI is InChI=1S/C13H13BrClN3O/c14-11-9-17-13(15)18-12(11)16-7-4-8-19-10-5-2-1-3-6-10/h1-3,5-6,9H,4,7-8H2,(H,16,17,18). The number of benzene rings is 1. The van der Waals surface area contributed by atoms with Crippen LogP contribution in [0.1, 0.15) is 6.42 Å². The van der Waals surface area contributed by atoms with Gasteiger partial charge in [0.15, 0.2) is 0 Å². The van der Waals surface area contributed by atoms with Crippen LogP contribution in [0.2, 0.25) is 5.28 Å². The van der Waals surface area contributed by atoms with Gasteiger partial charge in [-0.3, -0.25) is 0 Å². The van der Waals surface area contributed by atoms with E-state index in [0.29, 0.717) is 12.4 Å². The molecule has 1 aromatic carbocycles. The summed E-state index contributed by atoms with van der Waals surface area (Å²) in [6, 6.07) is 9.74. The molecule has 2 rings (SSSR count). The Balaban J connectivity index is 1.71. The zero-order valence-electron chi connectivity index (χ0n) is 10.1. The minimum Gasteiger partial charge on any atom is -0.494 e. The van der Waals surface area contributed by atoms with Crippen LogP contribution >= 0.6 is 27.5 Å². The van der Waals surface area contributed by atoms with Gasteiger partial charge in [0.05, 0.1) is 11.1 Å². The highest BCUT2D eigenvalue weighted by molar-refractivity contribution is 9.10. The number of para-hydroxylation sites is 1. The molecule has 0 bridgehead atoms. The van der Waals surface area contributed by atoms with E-state index in [-0.39, 0.29) is 5.28 Å². The molecule has 0 amide bonds. The Labute approximate surface area is 125 Å². The predicted molar refractivity (Wildman–Crippen MR) is 79.8 cm³/mol. The molecule has 0 fully saturated rings. The average molecular weight is 343 g/mol. The van der Waals surface area contributed by atoms with Crippen molar-refractivity contribution >= 4 is 33.3 Å². The van der Waals surface area contributed by atoms with Crippen LogP contribution in [0.25, 0.3) is 0 Å². The van der Waals surface area contributed by atoms with Crippen LogP contribution in [0.5, 0.6) is 5.75 Å². The Kier molecular flexibility index (Phi) is 5.42. The molecule has 4 nitrogen and oxygen atoms in total. The van der Waals surface area contributed by atoms with E-state index >= 15 is 0 Å². The number of rotatable bonds is 6. The van der Waals surface area contributed by atoms with Crippen molar-refractivity contribution in [3.8, 4) is 5.75 Å². The molecule has 2 aromatic rings. The van der Waals surface area contributed by atoms with Gasteiger partial charge in [-0.25, -0.2) is 4.98 Å². The number of hydrogen-bond donors (Lipinski definition) is 1. The number of halogens is 2. The Morgan fingerprint density at radius 1 is 1.26 bits per heavy atom. The van der Waals surface area contributed by atoms with E-state index in [2.05, 4.69) is 31.2 Å². The molecule has 1 heterocycles. The molecule has 0 unspecified atom stereocenters. The largest absolute Gasteiger partial charge is 0.494 e. The zero-order chi connectivity index (χ0) is 13.5. The summed E-state index contributed by atoms with van der Waals surface area (Å²) >= 11 is 9.09. The second kappa shape index (κ2) is 7.31. The normalized spacial score (nSPS) is 10.2. The third kappa shape index (κ3) is 4.69. The summed E-state index contributed by atoms with van der Waals surface area (Å²) < 4.78 is 6.38. The van der Waals surface area contributed by atoms with Crippen molar-refractivity contribution in [3.05, 3.63) is 46.3 Å². The van der Waals surface area contributed by atoms with Crippen LogP contribution < -0.4 is 10.1 Å². The van der Waals surface area contributed by atoms with Crippen LogP contribution in [-0.4, -0.2) is 23.1 Å². The highest BCUT2D eigenvalue weighted by Gasteiger charge is 2.02. The van der Waals surface area contributed by atoms with E-state index in [1.165, 1.54) is 0 Å². The number of ether oxygens (including phenoxy) is 1. The molecule has 0 saturated carbocycles. The van der Waals surface area contributed by atoms with Crippen LogP contribution in [-0.2, 0) is 0 Å². The lowest BCUT2D eigenvalue weighted by Gasteiger charge is -2.08. The van der Waals surface area contributed by atoms with E-state index in [4.69, 9.17) is 16.3 Å². The maximum Gasteiger partial charge on any atom is 0.224 e. The second-order valence-electron chi connectivity index (χ2n) is 3.78. The van der Waals surface area contributed by atoms with Gasteiger partial charge < -0.3 is 10.1 Å². The Morgan fingerprint density at radius 2 is 2.05 bits per heavy atom. The van der Waals surface area contributed by atoms with Crippen LogP contribution in [0.15, 0.2) is 41.0 Å². The summed E-state index contributed by atoms with van der Waals surface area (Å²) in [7, 11) is 0. The van der Waals surface area contributed by atoms with Gasteiger partial charge in [-0.2, -0.15) is 4.98 Å². The highest BCUT2D eigenvalue weighted by atomic mass is 79.9. The fraction of sp³-hybridized carbons (Fsp3) is 0.231. The van der Waals surface area contributed by atoms with Gasteiger partial charge in [0.2, 0.25) is 5.28 Å². The molecule has 0 aliphatic heterocycles. The number of nitrogens with zero attached hydrogens (tertiary/aromatic N) is 2. The summed E-state index contributed by atoms with van der Waals surface area (Å²) in [5.41, 5.74) is 0. The van der Waals surface area contributed by atoms with Gasteiger partial charge in [0.25, 0.3) is 0 Å². The molecule has 6 heteroatoms. The SMILES string of the molecule is Clc1ncc(Br)c(NCCCOc2ccccc2)n1. The molecular formula is C13H13BrClN3O. The Hall–Kier alpha value is -1.33. The zero-order valence-corrected chi connectivity index (χ0v) is 12.5. The van der Waals surface area contributed by atoms with Crippen molar-refractivity contribution in [1.29, 1.82) is 0 Å². The predicted octanol–water partition coefficient (Wildman–Crippen LogP) is 3.77. The molecule has 100 valence electrons. The Bertz CT molecular complexity index is 525. The molecule has 0 atom stereocenters. The van der Waals surface area contributed by atoms with Crippen molar-refractivity contribution in [2.45, 2.75) is 6.42 Å². The fourth-order valence-corrected chi connectivity index (χ4v) is 1.92. The number of anilines is 1. The number of nitrogens with one attached hydrogen (secondary N) is 1. The number of hydrogen-bond acceptors (Lipinski definition) is 4. The summed E-state index contributed by atoms with van der Waals surface area (Å²) in [4.78, 5) is 7.95. The highest BCUT2D eigenvalue weighted by Crippen LogP contribution is 2.19. The molecule has 19 heavy (non-hydrogen) atoms. The van der Waals surface area contributed by atoms with Crippen molar-refractivity contribution in [2.24, 2.45) is 0 Å². The van der Waals surface area contributed by atoms with E-state index in [1.54, 1.807) is 6.20 Å². The quantitative estimate of drug-likeness (QED) is 0.641. The fourth-order valence-electron chi connectivity index (χ4n) is 1.46. The third-order valence-corrected chi connectivity index (χ3v) is 3.10. The third-order valence-electron chi connectivity index (χ3n) is 2.34. The molecule has 1 N–H and O–H groups in total. The first-order valence-corrected chi connectivity index (χ1v) is 7.02. The van der Waals surface area contributed by atoms with E-state index in [0.717, 1.165) is 23.2 Å². The van der Waals surface area contributed by atoms with Crippen LogP contribution in [0, 0.1) is 0 Å². The van der Waals surface area contributed by atoms with E-state index in [9.17, 15) is 0 Å². The first kappa shape index (κ1) is 14.1. The van der Waals surface area contributed by atoms with Crippen LogP contribution in [0.3, 0.4) is 0 Å². The van der Waals surface area contributed by atoms with Crippen molar-refractivity contribution in [2.75, 3.05) is 18.5 Å². The lowest BCUT2D eigenvalue weighted by molar-refractivity contribution is 0.315. The summed E-state index contributed by atoms with van der Waals surface area (Å²) in [5.74, 6) is 1.58. The van der Waals surface area contributed by atoms with Gasteiger partial charge in [-0.05, 0) is 46.1 Å². The minimum atomic E-state index is 0.228. The van der Waals surface area contributed by atoms with Crippen molar-refractivity contribution < 1.29 is 4.74 Å². The van der Waals surface area contributed by atoms with Gasteiger partial charge in [-0.1, -0.05) is 18.2 Å². The maximum atomic E-state index is 5.73. The minimum absolute atomic E-state index is 0.228. The molecule has 0 aliphatic carbocycles. The molecule has 0 saturated heterocycles. The summed E-state index contributed by atoms with van der Waals surface area (Å²) in [6.07, 6.45) is 2.49. The van der Waals surface area contributed by atoms with Gasteiger partial charge in [-0.15, -0.1) is 0 Å². The first-order valence-electron chi connectivity index (χ1n) is 5.85.